The van der Waals surface area contributed by atoms with Crippen LogP contribution in [0.4, 0.5) is 4.79 Å². The van der Waals surface area contributed by atoms with Gasteiger partial charge in [0.1, 0.15) is 0 Å². The number of rotatable bonds is 2. The summed E-state index contributed by atoms with van der Waals surface area (Å²) in [7, 11) is 0. The second-order valence-corrected chi connectivity index (χ2v) is 3.94. The van der Waals surface area contributed by atoms with Gasteiger partial charge in [-0.2, -0.15) is 0 Å². The molecule has 0 bridgehead atoms. The Balaban J connectivity index is 2.29. The fourth-order valence-corrected chi connectivity index (χ4v) is 2.28. The smallest absolute Gasteiger partial charge is 0.407 e. The van der Waals surface area contributed by atoms with Gasteiger partial charge in [-0.1, -0.05) is 22.6 Å². The van der Waals surface area contributed by atoms with Crippen LogP contribution in [0.25, 0.3) is 0 Å². The summed E-state index contributed by atoms with van der Waals surface area (Å²) in [6, 6.07) is 0. The molecule has 1 aliphatic heterocycles. The lowest BCUT2D eigenvalue weighted by molar-refractivity contribution is 0.154. The van der Waals surface area contributed by atoms with Crippen molar-refractivity contribution < 1.29 is 9.90 Å². The fourth-order valence-electron chi connectivity index (χ4n) is 1.40. The zero-order valence-electron chi connectivity index (χ0n) is 6.29. The van der Waals surface area contributed by atoms with Gasteiger partial charge in [0, 0.05) is 13.1 Å². The number of amides is 1. The molecular weight excluding hydrogens is 257 g/mol. The van der Waals surface area contributed by atoms with Crippen molar-refractivity contribution in [1.82, 2.24) is 4.90 Å². The SMILES string of the molecule is O=C(O)N1CC[C@H](CCI)C1. The van der Waals surface area contributed by atoms with Crippen LogP contribution in [0.1, 0.15) is 12.8 Å². The molecule has 1 rings (SSSR count). The van der Waals surface area contributed by atoms with E-state index in [1.165, 1.54) is 4.90 Å². The minimum Gasteiger partial charge on any atom is -0.465 e. The van der Waals surface area contributed by atoms with Gasteiger partial charge in [0.25, 0.3) is 0 Å². The Hall–Kier alpha value is 0. The summed E-state index contributed by atoms with van der Waals surface area (Å²) < 4.78 is 1.13. The van der Waals surface area contributed by atoms with Crippen molar-refractivity contribution in [1.29, 1.82) is 0 Å². The Kier molecular flexibility index (Phi) is 3.42. The minimum atomic E-state index is -0.763. The molecule has 0 aromatic carbocycles. The highest BCUT2D eigenvalue weighted by atomic mass is 127. The number of halogens is 1. The molecule has 4 heteroatoms. The Morgan fingerprint density at radius 2 is 2.45 bits per heavy atom. The zero-order chi connectivity index (χ0) is 8.27. The molecule has 11 heavy (non-hydrogen) atoms. The summed E-state index contributed by atoms with van der Waals surface area (Å²) in [6.07, 6.45) is 1.44. The normalized spacial score (nSPS) is 24.1. The number of nitrogens with zero attached hydrogens (tertiary/aromatic N) is 1. The molecule has 0 aromatic heterocycles. The second-order valence-electron chi connectivity index (χ2n) is 2.86. The third-order valence-electron chi connectivity index (χ3n) is 2.07. The van der Waals surface area contributed by atoms with Crippen molar-refractivity contribution in [2.45, 2.75) is 12.8 Å². The maximum Gasteiger partial charge on any atom is 0.407 e. The zero-order valence-corrected chi connectivity index (χ0v) is 8.45. The first-order valence-corrected chi connectivity index (χ1v) is 5.30. The van der Waals surface area contributed by atoms with Gasteiger partial charge < -0.3 is 10.0 Å². The largest absolute Gasteiger partial charge is 0.465 e. The molecule has 1 amide bonds. The first-order chi connectivity index (χ1) is 5.24. The quantitative estimate of drug-likeness (QED) is 0.613. The van der Waals surface area contributed by atoms with Crippen molar-refractivity contribution in [3.05, 3.63) is 0 Å². The fraction of sp³-hybridized carbons (Fsp3) is 0.857. The van der Waals surface area contributed by atoms with E-state index in [1.807, 2.05) is 0 Å². The molecule has 0 aliphatic carbocycles. The van der Waals surface area contributed by atoms with Gasteiger partial charge in [-0.05, 0) is 23.2 Å². The summed E-state index contributed by atoms with van der Waals surface area (Å²) in [5.41, 5.74) is 0. The summed E-state index contributed by atoms with van der Waals surface area (Å²) >= 11 is 2.34. The third kappa shape index (κ3) is 2.50. The molecular formula is C7H12INO2. The van der Waals surface area contributed by atoms with E-state index in [0.717, 1.165) is 30.4 Å². The molecule has 1 fully saturated rings. The number of carbonyl (C=O) groups is 1. The molecule has 1 atom stereocenters. The van der Waals surface area contributed by atoms with Crippen LogP contribution in [0, 0.1) is 5.92 Å². The molecule has 0 spiro atoms. The first kappa shape index (κ1) is 9.09. The van der Waals surface area contributed by atoms with E-state index in [9.17, 15) is 4.79 Å². The molecule has 0 unspecified atom stereocenters. The molecule has 64 valence electrons. The van der Waals surface area contributed by atoms with E-state index in [-0.39, 0.29) is 0 Å². The highest BCUT2D eigenvalue weighted by Crippen LogP contribution is 2.19. The lowest BCUT2D eigenvalue weighted by Crippen LogP contribution is -2.26. The Morgan fingerprint density at radius 3 is 2.91 bits per heavy atom. The summed E-state index contributed by atoms with van der Waals surface area (Å²) in [5, 5.41) is 8.62. The lowest BCUT2D eigenvalue weighted by Gasteiger charge is -2.10. The maximum atomic E-state index is 10.5. The predicted molar refractivity (Wildman–Crippen MR) is 51.2 cm³/mol. The molecule has 1 heterocycles. The van der Waals surface area contributed by atoms with Gasteiger partial charge in [-0.3, -0.25) is 0 Å². The van der Waals surface area contributed by atoms with E-state index in [1.54, 1.807) is 0 Å². The first-order valence-electron chi connectivity index (χ1n) is 3.78. The highest BCUT2D eigenvalue weighted by molar-refractivity contribution is 14.1. The summed E-state index contributed by atoms with van der Waals surface area (Å²) in [4.78, 5) is 12.0. The van der Waals surface area contributed by atoms with Crippen LogP contribution < -0.4 is 0 Å². The average Bonchev–Trinajstić information content (AvgIpc) is 2.37. The van der Waals surface area contributed by atoms with E-state index in [2.05, 4.69) is 22.6 Å². The van der Waals surface area contributed by atoms with E-state index < -0.39 is 6.09 Å². The molecule has 1 aliphatic rings. The number of hydrogen-bond acceptors (Lipinski definition) is 1. The number of alkyl halides is 1. The second kappa shape index (κ2) is 4.13. The Bertz CT molecular complexity index is 151. The van der Waals surface area contributed by atoms with Crippen molar-refractivity contribution in [2.75, 3.05) is 17.5 Å². The van der Waals surface area contributed by atoms with E-state index in [0.29, 0.717) is 5.92 Å². The monoisotopic (exact) mass is 269 g/mol. The van der Waals surface area contributed by atoms with Gasteiger partial charge in [-0.15, -0.1) is 0 Å². The maximum absolute atomic E-state index is 10.5. The van der Waals surface area contributed by atoms with Crippen molar-refractivity contribution >= 4 is 28.7 Å². The standard InChI is InChI=1S/C7H12INO2/c8-3-1-6-2-4-9(5-6)7(10)11/h6H,1-5H2,(H,10,11)/t6-/m0/s1. The minimum absolute atomic E-state index is 0.614. The average molecular weight is 269 g/mol. The molecule has 0 saturated carbocycles. The topological polar surface area (TPSA) is 40.5 Å². The van der Waals surface area contributed by atoms with Gasteiger partial charge in [-0.25, -0.2) is 4.79 Å². The molecule has 3 nitrogen and oxygen atoms in total. The lowest BCUT2D eigenvalue weighted by atomic mass is 10.1. The molecule has 1 saturated heterocycles. The van der Waals surface area contributed by atoms with Gasteiger partial charge >= 0.3 is 6.09 Å². The third-order valence-corrected chi connectivity index (χ3v) is 2.70. The Labute approximate surface area is 79.9 Å². The van der Waals surface area contributed by atoms with Crippen LogP contribution >= 0.6 is 22.6 Å². The van der Waals surface area contributed by atoms with Crippen molar-refractivity contribution in [3.8, 4) is 0 Å². The van der Waals surface area contributed by atoms with Crippen LogP contribution in [-0.4, -0.2) is 33.6 Å². The van der Waals surface area contributed by atoms with Gasteiger partial charge in [0.05, 0.1) is 0 Å². The van der Waals surface area contributed by atoms with Crippen LogP contribution in [0.5, 0.6) is 0 Å². The Morgan fingerprint density at radius 1 is 1.73 bits per heavy atom. The number of hydrogen-bond donors (Lipinski definition) is 1. The highest BCUT2D eigenvalue weighted by Gasteiger charge is 2.24. The molecule has 0 aromatic rings. The van der Waals surface area contributed by atoms with E-state index >= 15 is 0 Å². The van der Waals surface area contributed by atoms with Crippen LogP contribution in [0.2, 0.25) is 0 Å². The van der Waals surface area contributed by atoms with Crippen molar-refractivity contribution in [3.63, 3.8) is 0 Å². The number of carboxylic acid groups (broad SMARTS) is 1. The predicted octanol–water partition coefficient (Wildman–Crippen LogP) is 1.81. The summed E-state index contributed by atoms with van der Waals surface area (Å²) in [6.45, 7) is 1.48. The van der Waals surface area contributed by atoms with Gasteiger partial charge in [0.15, 0.2) is 0 Å². The van der Waals surface area contributed by atoms with Crippen LogP contribution in [0.15, 0.2) is 0 Å². The summed E-state index contributed by atoms with van der Waals surface area (Å²) in [5.74, 6) is 0.614. The number of likely N-dealkylation sites (tertiary alicyclic amines) is 1. The molecule has 0 radical (unpaired) electrons. The van der Waals surface area contributed by atoms with E-state index in [4.69, 9.17) is 5.11 Å². The van der Waals surface area contributed by atoms with Crippen molar-refractivity contribution in [2.24, 2.45) is 5.92 Å². The van der Waals surface area contributed by atoms with Crippen LogP contribution in [-0.2, 0) is 0 Å². The van der Waals surface area contributed by atoms with Crippen LogP contribution in [0.3, 0.4) is 0 Å². The molecule has 1 N–H and O–H groups in total. The van der Waals surface area contributed by atoms with Gasteiger partial charge in [0.2, 0.25) is 0 Å².